The third-order valence-electron chi connectivity index (χ3n) is 4.82. The summed E-state index contributed by atoms with van der Waals surface area (Å²) in [4.78, 5) is 4.64. The molecular formula is C18H24IN5. The molecule has 6 heteroatoms. The van der Waals surface area contributed by atoms with E-state index >= 15 is 0 Å². The Morgan fingerprint density at radius 3 is 2.71 bits per heavy atom. The number of aliphatic imine (C=N–C) groups is 1. The highest BCUT2D eigenvalue weighted by atomic mass is 127. The molecule has 2 aliphatic rings. The summed E-state index contributed by atoms with van der Waals surface area (Å²) in [5.74, 6) is 1.07. The quantitative estimate of drug-likeness (QED) is 0.439. The zero-order valence-corrected chi connectivity index (χ0v) is 16.0. The predicted molar refractivity (Wildman–Crippen MR) is 107 cm³/mol. The summed E-state index contributed by atoms with van der Waals surface area (Å²) in [6, 6.07) is 11.0. The maximum atomic E-state index is 6.05. The molecule has 2 fully saturated rings. The van der Waals surface area contributed by atoms with E-state index in [-0.39, 0.29) is 24.0 Å². The van der Waals surface area contributed by atoms with E-state index in [1.165, 1.54) is 31.2 Å². The summed E-state index contributed by atoms with van der Waals surface area (Å²) in [6.07, 6.45) is 10.2. The number of halogens is 1. The fourth-order valence-corrected chi connectivity index (χ4v) is 3.43. The van der Waals surface area contributed by atoms with Crippen LogP contribution in [-0.2, 0) is 0 Å². The van der Waals surface area contributed by atoms with Crippen LogP contribution in [0.1, 0.15) is 43.6 Å². The molecule has 0 saturated heterocycles. The molecule has 1 aromatic heterocycles. The number of hydrogen-bond acceptors (Lipinski definition) is 2. The number of aromatic nitrogens is 2. The third-order valence-corrected chi connectivity index (χ3v) is 4.82. The van der Waals surface area contributed by atoms with Crippen molar-refractivity contribution in [2.45, 2.75) is 50.1 Å². The van der Waals surface area contributed by atoms with Crippen LogP contribution in [0, 0.1) is 0 Å². The largest absolute Gasteiger partial charge is 0.370 e. The van der Waals surface area contributed by atoms with Gasteiger partial charge in [-0.1, -0.05) is 31.0 Å². The predicted octanol–water partition coefficient (Wildman–Crippen LogP) is 3.19. The van der Waals surface area contributed by atoms with Crippen molar-refractivity contribution in [1.29, 1.82) is 0 Å². The summed E-state index contributed by atoms with van der Waals surface area (Å²) in [6.45, 7) is 0. The Kier molecular flexibility index (Phi) is 5.43. The Morgan fingerprint density at radius 2 is 1.96 bits per heavy atom. The molecule has 0 spiro atoms. The monoisotopic (exact) mass is 437 g/mol. The van der Waals surface area contributed by atoms with Gasteiger partial charge in [0.25, 0.3) is 0 Å². The highest BCUT2D eigenvalue weighted by Crippen LogP contribution is 2.43. The second-order valence-corrected chi connectivity index (χ2v) is 6.60. The lowest BCUT2D eigenvalue weighted by Crippen LogP contribution is -2.38. The first-order chi connectivity index (χ1) is 11.3. The molecule has 2 aliphatic carbocycles. The minimum atomic E-state index is 0. The second kappa shape index (κ2) is 7.55. The fraction of sp³-hybridized carbons (Fsp3) is 0.444. The average molecular weight is 437 g/mol. The van der Waals surface area contributed by atoms with Gasteiger partial charge in [-0.3, -0.25) is 0 Å². The minimum Gasteiger partial charge on any atom is -0.370 e. The van der Waals surface area contributed by atoms with Crippen LogP contribution in [0.25, 0.3) is 5.69 Å². The van der Waals surface area contributed by atoms with Crippen LogP contribution in [0.15, 0.2) is 47.7 Å². The van der Waals surface area contributed by atoms with Crippen LogP contribution in [0.3, 0.4) is 0 Å². The van der Waals surface area contributed by atoms with E-state index in [1.807, 2.05) is 29.1 Å². The fourth-order valence-electron chi connectivity index (χ4n) is 3.43. The van der Waals surface area contributed by atoms with Crippen LogP contribution < -0.4 is 11.1 Å². The normalized spacial score (nSPS) is 23.8. The maximum Gasteiger partial charge on any atom is 0.189 e. The number of nitrogens with zero attached hydrogens (tertiary/aromatic N) is 3. The lowest BCUT2D eigenvalue weighted by Gasteiger charge is -2.12. The van der Waals surface area contributed by atoms with E-state index in [1.54, 1.807) is 0 Å². The number of rotatable bonds is 4. The van der Waals surface area contributed by atoms with Gasteiger partial charge in [-0.05, 0) is 37.0 Å². The molecule has 1 heterocycles. The van der Waals surface area contributed by atoms with Crippen molar-refractivity contribution in [2.24, 2.45) is 10.7 Å². The third kappa shape index (κ3) is 3.91. The van der Waals surface area contributed by atoms with Crippen LogP contribution in [-0.4, -0.2) is 27.8 Å². The minimum absolute atomic E-state index is 0. The molecule has 1 aromatic carbocycles. The Labute approximate surface area is 159 Å². The first-order valence-corrected chi connectivity index (χ1v) is 8.49. The summed E-state index contributed by atoms with van der Waals surface area (Å²) in [5.41, 5.74) is 8.38. The molecule has 0 bridgehead atoms. The van der Waals surface area contributed by atoms with Gasteiger partial charge in [0.05, 0.1) is 17.9 Å². The molecular weight excluding hydrogens is 413 g/mol. The maximum absolute atomic E-state index is 6.05. The number of guanidine groups is 1. The molecule has 128 valence electrons. The lowest BCUT2D eigenvalue weighted by atomic mass is 10.2. The van der Waals surface area contributed by atoms with E-state index in [2.05, 4.69) is 33.7 Å². The zero-order valence-electron chi connectivity index (χ0n) is 13.6. The van der Waals surface area contributed by atoms with Gasteiger partial charge >= 0.3 is 0 Å². The number of nitrogens with one attached hydrogen (secondary N) is 1. The molecule has 0 amide bonds. The van der Waals surface area contributed by atoms with Crippen molar-refractivity contribution in [3.8, 4) is 5.69 Å². The van der Waals surface area contributed by atoms with Gasteiger partial charge in [0.15, 0.2) is 5.96 Å². The summed E-state index contributed by atoms with van der Waals surface area (Å²) < 4.78 is 1.93. The number of hydrogen-bond donors (Lipinski definition) is 2. The Balaban J connectivity index is 0.00000169. The summed E-state index contributed by atoms with van der Waals surface area (Å²) in [5, 5.41) is 7.83. The van der Waals surface area contributed by atoms with E-state index < -0.39 is 0 Å². The molecule has 2 atom stereocenters. The van der Waals surface area contributed by atoms with Crippen molar-refractivity contribution in [3.63, 3.8) is 0 Å². The van der Waals surface area contributed by atoms with Gasteiger partial charge in [-0.2, -0.15) is 5.10 Å². The first-order valence-electron chi connectivity index (χ1n) is 8.49. The second-order valence-electron chi connectivity index (χ2n) is 6.60. The van der Waals surface area contributed by atoms with Gasteiger partial charge in [0.2, 0.25) is 0 Å². The number of nitrogens with two attached hydrogens (primary N) is 1. The standard InChI is InChI=1S/C18H23N5.HI/c19-18(21-14-6-4-5-7-14)22-17-10-16(17)13-11-20-23(12-13)15-8-2-1-3-9-15;/h1-3,8-9,11-12,14,16-17H,4-7,10H2,(H3,19,21,22);1H/t16-,17+;/m0./s1. The molecule has 4 rings (SSSR count). The van der Waals surface area contributed by atoms with Crippen LogP contribution in [0.4, 0.5) is 0 Å². The average Bonchev–Trinajstić information content (AvgIpc) is 2.98. The van der Waals surface area contributed by atoms with Crippen molar-refractivity contribution >= 4 is 29.9 Å². The van der Waals surface area contributed by atoms with E-state index in [9.17, 15) is 0 Å². The molecule has 24 heavy (non-hydrogen) atoms. The van der Waals surface area contributed by atoms with E-state index in [4.69, 9.17) is 5.73 Å². The SMILES string of the molecule is I.NC(=N[C@@H]1C[C@H]1c1cnn(-c2ccccc2)c1)NC1CCCC1. The highest BCUT2D eigenvalue weighted by Gasteiger charge is 2.39. The Bertz CT molecular complexity index is 690. The molecule has 0 unspecified atom stereocenters. The Morgan fingerprint density at radius 1 is 1.21 bits per heavy atom. The van der Waals surface area contributed by atoms with Crippen LogP contribution in [0.5, 0.6) is 0 Å². The van der Waals surface area contributed by atoms with Crippen molar-refractivity contribution in [2.75, 3.05) is 0 Å². The topological polar surface area (TPSA) is 68.2 Å². The molecule has 2 saturated carbocycles. The van der Waals surface area contributed by atoms with E-state index in [0.717, 1.165) is 12.1 Å². The Hall–Kier alpha value is -1.57. The lowest BCUT2D eigenvalue weighted by molar-refractivity contribution is 0.625. The smallest absolute Gasteiger partial charge is 0.189 e. The van der Waals surface area contributed by atoms with Gasteiger partial charge in [-0.15, -0.1) is 24.0 Å². The van der Waals surface area contributed by atoms with Gasteiger partial charge < -0.3 is 11.1 Å². The zero-order chi connectivity index (χ0) is 15.6. The molecule has 5 nitrogen and oxygen atoms in total. The van der Waals surface area contributed by atoms with Gasteiger partial charge in [0, 0.05) is 18.2 Å². The number of benzene rings is 1. The number of para-hydroxylation sites is 1. The van der Waals surface area contributed by atoms with Crippen molar-refractivity contribution in [1.82, 2.24) is 15.1 Å². The first kappa shape index (κ1) is 17.3. The van der Waals surface area contributed by atoms with Crippen LogP contribution in [0.2, 0.25) is 0 Å². The van der Waals surface area contributed by atoms with E-state index in [0.29, 0.717) is 24.0 Å². The van der Waals surface area contributed by atoms with Gasteiger partial charge in [-0.25, -0.2) is 9.67 Å². The molecule has 3 N–H and O–H groups in total. The molecule has 0 aliphatic heterocycles. The van der Waals surface area contributed by atoms with Crippen molar-refractivity contribution in [3.05, 3.63) is 48.3 Å². The van der Waals surface area contributed by atoms with Crippen LogP contribution >= 0.6 is 24.0 Å². The molecule has 0 radical (unpaired) electrons. The van der Waals surface area contributed by atoms with Crippen molar-refractivity contribution < 1.29 is 0 Å². The highest BCUT2D eigenvalue weighted by molar-refractivity contribution is 14.0. The molecule has 2 aromatic rings. The van der Waals surface area contributed by atoms with Gasteiger partial charge in [0.1, 0.15) is 0 Å². The summed E-state index contributed by atoms with van der Waals surface area (Å²) >= 11 is 0. The summed E-state index contributed by atoms with van der Waals surface area (Å²) in [7, 11) is 0.